The maximum atomic E-state index is 16.3. The fraction of sp³-hybridized carbons (Fsp3) is 0.500. The molecule has 9 nitrogen and oxygen atoms in total. The van der Waals surface area contributed by atoms with Gasteiger partial charge in [0.1, 0.15) is 12.4 Å². The number of carbonyl (C=O) groups is 1. The Balaban J connectivity index is 1.22. The van der Waals surface area contributed by atoms with E-state index in [-0.39, 0.29) is 22.6 Å². The SMILES string of the molecule is C=C(C)[C@H]1CC[C@@]2(C)SP(=S)(O[C@H]3[C@@H](F)[C@H](n4cnc5c(NC(=O)c6ccccc6)ncnc54)O[C@@H]3CC)O[C@@H]2C1. The highest BCUT2D eigenvalue weighted by Crippen LogP contribution is 2.76. The van der Waals surface area contributed by atoms with Gasteiger partial charge in [-0.25, -0.2) is 19.3 Å². The molecule has 1 amide bonds. The van der Waals surface area contributed by atoms with Gasteiger partial charge >= 0.3 is 0 Å². The third kappa shape index (κ3) is 5.39. The molecule has 4 heterocycles. The number of fused-ring (bicyclic) bond motifs is 2. The van der Waals surface area contributed by atoms with Crippen molar-refractivity contribution in [1.82, 2.24) is 19.5 Å². The molecule has 1 aliphatic carbocycles. The third-order valence-electron chi connectivity index (χ3n) is 8.26. The minimum absolute atomic E-state index is 0.0520. The fourth-order valence-electron chi connectivity index (χ4n) is 5.85. The smallest absolute Gasteiger partial charge is 0.256 e. The maximum Gasteiger partial charge on any atom is 0.256 e. The van der Waals surface area contributed by atoms with E-state index in [1.807, 2.05) is 13.0 Å². The highest BCUT2D eigenvalue weighted by atomic mass is 32.9. The second kappa shape index (κ2) is 11.1. The Morgan fingerprint density at radius 1 is 1.34 bits per heavy atom. The molecule has 1 aromatic carbocycles. The monoisotopic (exact) mass is 617 g/mol. The van der Waals surface area contributed by atoms with E-state index in [9.17, 15) is 4.79 Å². The molecule has 2 aliphatic heterocycles. The zero-order valence-corrected chi connectivity index (χ0v) is 25.6. The number of hydrogen-bond acceptors (Lipinski definition) is 9. The Bertz CT molecular complexity index is 1530. The van der Waals surface area contributed by atoms with Crippen LogP contribution in [0.4, 0.5) is 10.2 Å². The van der Waals surface area contributed by atoms with E-state index in [0.29, 0.717) is 29.1 Å². The Hall–Kier alpha value is -2.21. The van der Waals surface area contributed by atoms with Crippen molar-refractivity contribution in [2.75, 3.05) is 5.32 Å². The molecular formula is C28H33FN5O4PS2. The minimum atomic E-state index is -2.84. The van der Waals surface area contributed by atoms with Crippen molar-refractivity contribution >= 4 is 51.8 Å². The van der Waals surface area contributed by atoms with Gasteiger partial charge in [0.05, 0.1) is 18.5 Å². The predicted octanol–water partition coefficient (Wildman–Crippen LogP) is 6.60. The van der Waals surface area contributed by atoms with Crippen molar-refractivity contribution in [2.45, 2.75) is 81.9 Å². The van der Waals surface area contributed by atoms with Crippen LogP contribution in [0.15, 0.2) is 55.1 Å². The molecule has 8 atom stereocenters. The second-order valence-electron chi connectivity index (χ2n) is 11.1. The number of nitrogens with one attached hydrogen (secondary N) is 1. The largest absolute Gasteiger partial charge is 0.349 e. The number of benzene rings is 1. The van der Waals surface area contributed by atoms with E-state index in [0.717, 1.165) is 24.8 Å². The van der Waals surface area contributed by atoms with Gasteiger partial charge in [0, 0.05) is 10.3 Å². The second-order valence-corrected chi connectivity index (χ2v) is 17.7. The number of amides is 1. The number of alkyl halides is 1. The average Bonchev–Trinajstić information content (AvgIpc) is 3.59. The van der Waals surface area contributed by atoms with Gasteiger partial charge < -0.3 is 19.1 Å². The summed E-state index contributed by atoms with van der Waals surface area (Å²) in [5, 5.41) is 2.78. The van der Waals surface area contributed by atoms with Gasteiger partial charge in [0.15, 0.2) is 29.4 Å². The Morgan fingerprint density at radius 3 is 2.85 bits per heavy atom. The van der Waals surface area contributed by atoms with Crippen LogP contribution in [0.2, 0.25) is 0 Å². The fourth-order valence-corrected chi connectivity index (χ4v) is 13.4. The van der Waals surface area contributed by atoms with E-state index < -0.39 is 30.3 Å². The Kier molecular flexibility index (Phi) is 7.84. The molecule has 0 spiro atoms. The topological polar surface area (TPSA) is 100 Å². The first-order valence-electron chi connectivity index (χ1n) is 13.8. The van der Waals surface area contributed by atoms with Crippen molar-refractivity contribution in [3.05, 3.63) is 60.7 Å². The van der Waals surface area contributed by atoms with E-state index >= 15 is 4.39 Å². The van der Waals surface area contributed by atoms with Gasteiger partial charge in [-0.3, -0.25) is 9.36 Å². The van der Waals surface area contributed by atoms with Crippen LogP contribution in [0, 0.1) is 5.92 Å². The number of imidazole rings is 1. The summed E-state index contributed by atoms with van der Waals surface area (Å²) in [5.41, 5.74) is -0.537. The molecule has 0 bridgehead atoms. The maximum absolute atomic E-state index is 16.3. The number of carbonyl (C=O) groups excluding carboxylic acids is 1. The summed E-state index contributed by atoms with van der Waals surface area (Å²) >= 11 is 7.54. The lowest BCUT2D eigenvalue weighted by atomic mass is 9.77. The van der Waals surface area contributed by atoms with Crippen molar-refractivity contribution < 1.29 is 23.0 Å². The third-order valence-corrected chi connectivity index (χ3v) is 14.0. The van der Waals surface area contributed by atoms with Crippen molar-refractivity contribution in [3.63, 3.8) is 0 Å². The van der Waals surface area contributed by atoms with E-state index in [4.69, 9.17) is 25.6 Å². The molecule has 6 rings (SSSR count). The standard InChI is InChI=1S/C28H33FN5O4PS2/c1-5-19-23(38-39(40)37-20-13-18(16(2)3)11-12-28(20,4)41-39)21(29)27(36-19)34-15-32-22-24(30-14-31-25(22)34)33-26(35)17-9-7-6-8-10-17/h6-10,14-15,18-21,23,27H,2,5,11-13H2,1,3-4H3,(H,30,31,33,35)/t18-,19+,20+,21+,23+,27+,28+,39?/m0/s1. The highest BCUT2D eigenvalue weighted by molar-refractivity contribution is 8.68. The molecule has 3 aromatic rings. The number of hydrogen-bond donors (Lipinski definition) is 1. The zero-order chi connectivity index (χ0) is 28.9. The van der Waals surface area contributed by atoms with Gasteiger partial charge in [-0.15, -0.1) is 0 Å². The lowest BCUT2D eigenvalue weighted by Crippen LogP contribution is -2.39. The summed E-state index contributed by atoms with van der Waals surface area (Å²) in [5.74, 6) is 0.286. The summed E-state index contributed by atoms with van der Waals surface area (Å²) in [4.78, 5) is 25.7. The number of aromatic nitrogens is 4. The summed E-state index contributed by atoms with van der Waals surface area (Å²) in [6, 6.07) is 8.78. The molecule has 218 valence electrons. The zero-order valence-electron chi connectivity index (χ0n) is 23.1. The summed E-state index contributed by atoms with van der Waals surface area (Å²) in [6.07, 6.45) is 2.06. The van der Waals surface area contributed by atoms with Gasteiger partial charge in [0.2, 0.25) is 5.69 Å². The first-order chi connectivity index (χ1) is 19.6. The number of nitrogens with zero attached hydrogens (tertiary/aromatic N) is 4. The Labute approximate surface area is 247 Å². The molecule has 41 heavy (non-hydrogen) atoms. The molecule has 2 saturated heterocycles. The van der Waals surface area contributed by atoms with Gasteiger partial charge in [-0.1, -0.05) is 48.7 Å². The van der Waals surface area contributed by atoms with Gasteiger partial charge in [-0.2, -0.15) is 0 Å². The molecule has 1 N–H and O–H groups in total. The van der Waals surface area contributed by atoms with Crippen LogP contribution >= 0.6 is 17.1 Å². The molecular weight excluding hydrogens is 584 g/mol. The molecule has 3 fully saturated rings. The van der Waals surface area contributed by atoms with Gasteiger partial charge in [0.25, 0.3) is 5.91 Å². The van der Waals surface area contributed by atoms with E-state index in [2.05, 4.69) is 40.7 Å². The van der Waals surface area contributed by atoms with Crippen LogP contribution in [-0.4, -0.2) is 54.7 Å². The first-order valence-corrected chi connectivity index (χ1v) is 17.8. The number of allylic oxidation sites excluding steroid dienone is 1. The van der Waals surface area contributed by atoms with Crippen molar-refractivity contribution in [2.24, 2.45) is 5.92 Å². The lowest BCUT2D eigenvalue weighted by Gasteiger charge is -2.37. The molecule has 1 saturated carbocycles. The minimum Gasteiger partial charge on any atom is -0.349 e. The molecule has 2 aromatic heterocycles. The molecule has 13 heteroatoms. The molecule has 1 unspecified atom stereocenters. The van der Waals surface area contributed by atoms with Crippen LogP contribution < -0.4 is 5.32 Å². The summed E-state index contributed by atoms with van der Waals surface area (Å²) < 4.78 is 36.7. The lowest BCUT2D eigenvalue weighted by molar-refractivity contribution is -0.0224. The molecule has 3 aliphatic rings. The van der Waals surface area contributed by atoms with Crippen LogP contribution in [0.25, 0.3) is 11.2 Å². The van der Waals surface area contributed by atoms with Crippen LogP contribution in [0.1, 0.15) is 63.0 Å². The van der Waals surface area contributed by atoms with Gasteiger partial charge in [-0.05, 0) is 69.4 Å². The van der Waals surface area contributed by atoms with E-state index in [1.54, 1.807) is 35.6 Å². The summed E-state index contributed by atoms with van der Waals surface area (Å²) in [7, 11) is 0. The predicted molar refractivity (Wildman–Crippen MR) is 161 cm³/mol. The van der Waals surface area contributed by atoms with Crippen LogP contribution in [0.3, 0.4) is 0 Å². The number of anilines is 1. The summed E-state index contributed by atoms with van der Waals surface area (Å²) in [6.45, 7) is 10.3. The first kappa shape index (κ1) is 28.9. The van der Waals surface area contributed by atoms with Crippen molar-refractivity contribution in [3.8, 4) is 0 Å². The Morgan fingerprint density at radius 2 is 2.12 bits per heavy atom. The highest BCUT2D eigenvalue weighted by Gasteiger charge is 2.56. The number of rotatable bonds is 7. The van der Waals surface area contributed by atoms with Crippen molar-refractivity contribution in [1.29, 1.82) is 0 Å². The molecule has 0 radical (unpaired) electrons. The van der Waals surface area contributed by atoms with E-state index in [1.165, 1.54) is 17.2 Å². The number of ether oxygens (including phenoxy) is 1. The number of halogens is 1. The van der Waals surface area contributed by atoms with Crippen LogP contribution in [0.5, 0.6) is 0 Å². The normalized spacial score (nSPS) is 34.9. The van der Waals surface area contributed by atoms with Crippen LogP contribution in [-0.2, 0) is 25.6 Å². The quantitative estimate of drug-likeness (QED) is 0.232. The average molecular weight is 618 g/mol.